The maximum atomic E-state index is 14.0. The van der Waals surface area contributed by atoms with Crippen LogP contribution in [-0.4, -0.2) is 22.4 Å². The van der Waals surface area contributed by atoms with Crippen molar-refractivity contribution in [3.8, 4) is 0 Å². The van der Waals surface area contributed by atoms with Gasteiger partial charge in [0.05, 0.1) is 6.54 Å². The minimum absolute atomic E-state index is 0.122. The summed E-state index contributed by atoms with van der Waals surface area (Å²) in [6, 6.07) is 4.34. The molecule has 0 unspecified atom stereocenters. The van der Waals surface area contributed by atoms with Crippen molar-refractivity contribution >= 4 is 27.9 Å². The van der Waals surface area contributed by atoms with Crippen molar-refractivity contribution in [3.63, 3.8) is 0 Å². The van der Waals surface area contributed by atoms with Gasteiger partial charge >= 0.3 is 6.03 Å². The number of rotatable bonds is 2. The molecule has 112 valence electrons. The largest absolute Gasteiger partial charge is 0.325 e. The second kappa shape index (κ2) is 5.40. The lowest BCUT2D eigenvalue weighted by atomic mass is 9.80. The molecule has 2 fully saturated rings. The quantitative estimate of drug-likeness (QED) is 0.828. The van der Waals surface area contributed by atoms with Crippen molar-refractivity contribution in [1.29, 1.82) is 0 Å². The van der Waals surface area contributed by atoms with Gasteiger partial charge in [-0.25, -0.2) is 9.18 Å². The highest BCUT2D eigenvalue weighted by atomic mass is 79.9. The Morgan fingerprint density at radius 1 is 1.24 bits per heavy atom. The summed E-state index contributed by atoms with van der Waals surface area (Å²) in [5, 5.41) is 2.39. The van der Waals surface area contributed by atoms with Gasteiger partial charge in [0.1, 0.15) is 11.4 Å². The first kappa shape index (κ1) is 14.5. The second-order valence-electron chi connectivity index (χ2n) is 5.67. The van der Waals surface area contributed by atoms with E-state index in [9.17, 15) is 14.0 Å². The summed E-state index contributed by atoms with van der Waals surface area (Å²) in [5.74, 6) is -0.604. The van der Waals surface area contributed by atoms with Crippen molar-refractivity contribution in [3.05, 3.63) is 34.1 Å². The van der Waals surface area contributed by atoms with Crippen LogP contribution in [0.5, 0.6) is 0 Å². The maximum Gasteiger partial charge on any atom is 0.325 e. The smallest absolute Gasteiger partial charge is 0.305 e. The molecule has 1 aromatic rings. The van der Waals surface area contributed by atoms with E-state index in [1.165, 1.54) is 11.0 Å². The third-order valence-electron chi connectivity index (χ3n) is 4.43. The van der Waals surface area contributed by atoms with Gasteiger partial charge in [-0.3, -0.25) is 10.1 Å². The summed E-state index contributed by atoms with van der Waals surface area (Å²) in [6.45, 7) is 0.122. The number of benzene rings is 1. The number of amides is 3. The molecule has 21 heavy (non-hydrogen) atoms. The average Bonchev–Trinajstić information content (AvgIpc) is 2.67. The van der Waals surface area contributed by atoms with Gasteiger partial charge in [0.2, 0.25) is 0 Å². The van der Waals surface area contributed by atoms with E-state index in [0.717, 1.165) is 19.3 Å². The standard InChI is InChI=1S/C15H16BrFN2O2/c16-11-5-4-10(12(17)8-11)9-19-14(21)18-13(20)15(19)6-2-1-3-7-15/h4-5,8H,1-3,6-7,9H2,(H,18,20,21). The van der Waals surface area contributed by atoms with Crippen LogP contribution in [-0.2, 0) is 11.3 Å². The van der Waals surface area contributed by atoms with E-state index in [0.29, 0.717) is 22.9 Å². The summed E-state index contributed by atoms with van der Waals surface area (Å²) in [4.78, 5) is 25.8. The van der Waals surface area contributed by atoms with Crippen LogP contribution >= 0.6 is 15.9 Å². The molecule has 1 aliphatic carbocycles. The van der Waals surface area contributed by atoms with E-state index in [1.807, 2.05) is 0 Å². The molecule has 1 heterocycles. The normalized spacial score (nSPS) is 21.0. The van der Waals surface area contributed by atoms with E-state index in [4.69, 9.17) is 0 Å². The Hall–Kier alpha value is -1.43. The molecule has 4 nitrogen and oxygen atoms in total. The van der Waals surface area contributed by atoms with Crippen LogP contribution in [0.1, 0.15) is 37.7 Å². The molecule has 1 aliphatic heterocycles. The van der Waals surface area contributed by atoms with Crippen molar-refractivity contribution < 1.29 is 14.0 Å². The summed E-state index contributed by atoms with van der Waals surface area (Å²) < 4.78 is 14.7. The predicted molar refractivity (Wildman–Crippen MR) is 79.0 cm³/mol. The molecule has 0 bridgehead atoms. The van der Waals surface area contributed by atoms with Gasteiger partial charge in [-0.15, -0.1) is 0 Å². The minimum atomic E-state index is -0.783. The number of hydrogen-bond donors (Lipinski definition) is 1. The molecule has 1 saturated heterocycles. The van der Waals surface area contributed by atoms with E-state index in [-0.39, 0.29) is 18.3 Å². The first-order chi connectivity index (χ1) is 10.0. The molecule has 3 rings (SSSR count). The molecular weight excluding hydrogens is 339 g/mol. The van der Waals surface area contributed by atoms with Gasteiger partial charge in [0.25, 0.3) is 5.91 Å². The van der Waals surface area contributed by atoms with Crippen LogP contribution in [0.4, 0.5) is 9.18 Å². The topological polar surface area (TPSA) is 49.4 Å². The highest BCUT2D eigenvalue weighted by Crippen LogP contribution is 2.38. The summed E-state index contributed by atoms with van der Waals surface area (Å²) in [7, 11) is 0. The lowest BCUT2D eigenvalue weighted by Gasteiger charge is -2.38. The molecule has 2 aliphatic rings. The first-order valence-corrected chi connectivity index (χ1v) is 7.89. The van der Waals surface area contributed by atoms with Crippen molar-refractivity contribution in [2.24, 2.45) is 0 Å². The Kier molecular flexibility index (Phi) is 3.73. The molecular formula is C15H16BrFN2O2. The molecule has 1 aromatic carbocycles. The third kappa shape index (κ3) is 2.46. The fourth-order valence-electron chi connectivity index (χ4n) is 3.27. The van der Waals surface area contributed by atoms with Crippen molar-refractivity contribution in [1.82, 2.24) is 10.2 Å². The van der Waals surface area contributed by atoms with Gasteiger partial charge in [-0.1, -0.05) is 41.3 Å². The fourth-order valence-corrected chi connectivity index (χ4v) is 3.61. The maximum absolute atomic E-state index is 14.0. The molecule has 0 atom stereocenters. The van der Waals surface area contributed by atoms with Gasteiger partial charge < -0.3 is 4.90 Å². The van der Waals surface area contributed by atoms with Crippen molar-refractivity contribution in [2.75, 3.05) is 0 Å². The highest BCUT2D eigenvalue weighted by molar-refractivity contribution is 9.10. The molecule has 3 amide bonds. The van der Waals surface area contributed by atoms with Crippen LogP contribution in [0, 0.1) is 5.82 Å². The lowest BCUT2D eigenvalue weighted by Crippen LogP contribution is -2.50. The Labute approximate surface area is 130 Å². The summed E-state index contributed by atoms with van der Waals surface area (Å²) in [5.41, 5.74) is -0.359. The first-order valence-electron chi connectivity index (χ1n) is 7.10. The average molecular weight is 355 g/mol. The van der Waals surface area contributed by atoms with E-state index in [2.05, 4.69) is 21.2 Å². The number of nitrogens with zero attached hydrogens (tertiary/aromatic N) is 1. The van der Waals surface area contributed by atoms with Crippen LogP contribution in [0.3, 0.4) is 0 Å². The van der Waals surface area contributed by atoms with Gasteiger partial charge in [-0.2, -0.15) is 0 Å². The molecule has 0 aromatic heterocycles. The summed E-state index contributed by atoms with van der Waals surface area (Å²) >= 11 is 3.21. The monoisotopic (exact) mass is 354 g/mol. The van der Waals surface area contributed by atoms with Crippen LogP contribution < -0.4 is 5.32 Å². The molecule has 1 saturated carbocycles. The minimum Gasteiger partial charge on any atom is -0.305 e. The lowest BCUT2D eigenvalue weighted by molar-refractivity contribution is -0.128. The number of hydrogen-bond acceptors (Lipinski definition) is 2. The number of nitrogens with one attached hydrogen (secondary N) is 1. The molecule has 1 spiro atoms. The number of imide groups is 1. The fraction of sp³-hybridized carbons (Fsp3) is 0.467. The van der Waals surface area contributed by atoms with Gasteiger partial charge in [0.15, 0.2) is 0 Å². The van der Waals surface area contributed by atoms with Gasteiger partial charge in [0, 0.05) is 10.0 Å². The number of urea groups is 1. The second-order valence-corrected chi connectivity index (χ2v) is 6.59. The van der Waals surface area contributed by atoms with Crippen LogP contribution in [0.25, 0.3) is 0 Å². The van der Waals surface area contributed by atoms with Crippen molar-refractivity contribution in [2.45, 2.75) is 44.2 Å². The summed E-state index contributed by atoms with van der Waals surface area (Å²) in [6.07, 6.45) is 4.22. The highest BCUT2D eigenvalue weighted by Gasteiger charge is 2.52. The van der Waals surface area contributed by atoms with E-state index < -0.39 is 11.6 Å². The SMILES string of the molecule is O=C1NC(=O)C2(CCCCC2)N1Cc1ccc(Br)cc1F. The Bertz CT molecular complexity index is 599. The predicted octanol–water partition coefficient (Wildman–Crippen LogP) is 3.34. The Morgan fingerprint density at radius 2 is 1.95 bits per heavy atom. The van der Waals surface area contributed by atoms with E-state index in [1.54, 1.807) is 12.1 Å². The number of carbonyl (C=O) groups is 2. The zero-order valence-electron chi connectivity index (χ0n) is 11.5. The van der Waals surface area contributed by atoms with E-state index >= 15 is 0 Å². The third-order valence-corrected chi connectivity index (χ3v) is 4.92. The Balaban J connectivity index is 1.91. The molecule has 6 heteroatoms. The zero-order valence-corrected chi connectivity index (χ0v) is 13.1. The number of halogens is 2. The van der Waals surface area contributed by atoms with Crippen LogP contribution in [0.15, 0.2) is 22.7 Å². The van der Waals surface area contributed by atoms with Gasteiger partial charge in [-0.05, 0) is 25.0 Å². The molecule has 1 N–H and O–H groups in total. The number of carbonyl (C=O) groups excluding carboxylic acids is 2. The van der Waals surface area contributed by atoms with Crippen LogP contribution in [0.2, 0.25) is 0 Å². The molecule has 0 radical (unpaired) electrons. The zero-order chi connectivity index (χ0) is 15.0. The Morgan fingerprint density at radius 3 is 2.62 bits per heavy atom.